The maximum atomic E-state index is 13.1. The minimum absolute atomic E-state index is 0.0227. The Hall–Kier alpha value is -2.08. The fraction of sp³-hybridized carbons (Fsp3) is 0.545. The van der Waals surface area contributed by atoms with Crippen molar-refractivity contribution in [3.63, 3.8) is 0 Å². The normalized spacial score (nSPS) is 12.0. The highest BCUT2D eigenvalue weighted by Crippen LogP contribution is 2.14. The lowest BCUT2D eigenvalue weighted by atomic mass is 10.2. The van der Waals surface area contributed by atoms with Crippen LogP contribution in [0.5, 0.6) is 0 Å². The SMILES string of the molecule is CCCCN(Cc1cccn1C)C(=O)CN(C(=O)Cc1cccs1)C(C)CC. The average Bonchev–Trinajstić information content (AvgIpc) is 3.34. The molecule has 6 heteroatoms. The molecule has 2 aromatic heterocycles. The van der Waals surface area contributed by atoms with Gasteiger partial charge in [0.1, 0.15) is 6.54 Å². The van der Waals surface area contributed by atoms with Crippen LogP contribution in [0.2, 0.25) is 0 Å². The fourth-order valence-corrected chi connectivity index (χ4v) is 3.81. The number of aryl methyl sites for hydroxylation is 1. The van der Waals surface area contributed by atoms with E-state index in [2.05, 4.69) is 13.8 Å². The molecule has 154 valence electrons. The number of unbranched alkanes of at least 4 members (excludes halogenated alkanes) is 1. The van der Waals surface area contributed by atoms with E-state index in [-0.39, 0.29) is 24.4 Å². The van der Waals surface area contributed by atoms with E-state index < -0.39 is 0 Å². The Kier molecular flexibility index (Phi) is 8.77. The zero-order valence-electron chi connectivity index (χ0n) is 17.6. The zero-order valence-corrected chi connectivity index (χ0v) is 18.4. The third-order valence-electron chi connectivity index (χ3n) is 5.19. The number of hydrogen-bond acceptors (Lipinski definition) is 3. The van der Waals surface area contributed by atoms with Crippen LogP contribution < -0.4 is 0 Å². The number of carbonyl (C=O) groups excluding carboxylic acids is 2. The van der Waals surface area contributed by atoms with Gasteiger partial charge in [-0.05, 0) is 43.3 Å². The first-order valence-corrected chi connectivity index (χ1v) is 11.0. The van der Waals surface area contributed by atoms with Crippen LogP contribution >= 0.6 is 11.3 Å². The van der Waals surface area contributed by atoms with Crippen LogP contribution in [0.3, 0.4) is 0 Å². The minimum Gasteiger partial charge on any atom is -0.353 e. The molecule has 0 saturated heterocycles. The second kappa shape index (κ2) is 11.1. The molecule has 0 aliphatic carbocycles. The molecule has 5 nitrogen and oxygen atoms in total. The molecule has 0 saturated carbocycles. The minimum atomic E-state index is 0.0227. The van der Waals surface area contributed by atoms with Crippen LogP contribution in [0.15, 0.2) is 35.8 Å². The summed E-state index contributed by atoms with van der Waals surface area (Å²) in [6, 6.07) is 8.01. The standard InChI is InChI=1S/C22H33N3O2S/c1-5-7-13-24(16-19-10-8-12-23(19)4)22(27)17-25(18(3)6-2)21(26)15-20-11-9-14-28-20/h8-12,14,18H,5-7,13,15-17H2,1-4H3. The highest BCUT2D eigenvalue weighted by molar-refractivity contribution is 7.10. The molecule has 0 aromatic carbocycles. The van der Waals surface area contributed by atoms with Crippen molar-refractivity contribution in [1.29, 1.82) is 0 Å². The van der Waals surface area contributed by atoms with Gasteiger partial charge in [-0.25, -0.2) is 0 Å². The van der Waals surface area contributed by atoms with Crippen molar-refractivity contribution in [2.24, 2.45) is 7.05 Å². The summed E-state index contributed by atoms with van der Waals surface area (Å²) in [5.41, 5.74) is 1.10. The molecular weight excluding hydrogens is 370 g/mol. The van der Waals surface area contributed by atoms with E-state index in [4.69, 9.17) is 0 Å². The number of carbonyl (C=O) groups is 2. The van der Waals surface area contributed by atoms with Gasteiger partial charge in [0.05, 0.1) is 13.0 Å². The van der Waals surface area contributed by atoms with Crippen LogP contribution in [0.1, 0.15) is 50.6 Å². The summed E-state index contributed by atoms with van der Waals surface area (Å²) >= 11 is 1.58. The molecule has 0 fully saturated rings. The Morgan fingerprint density at radius 3 is 2.54 bits per heavy atom. The van der Waals surface area contributed by atoms with Crippen molar-refractivity contribution < 1.29 is 9.59 Å². The smallest absolute Gasteiger partial charge is 0.242 e. The first-order chi connectivity index (χ1) is 13.5. The van der Waals surface area contributed by atoms with Crippen LogP contribution in [-0.2, 0) is 29.6 Å². The first kappa shape index (κ1) is 22.2. The Balaban J connectivity index is 2.10. The molecule has 28 heavy (non-hydrogen) atoms. The van der Waals surface area contributed by atoms with Gasteiger partial charge in [0.2, 0.25) is 11.8 Å². The maximum Gasteiger partial charge on any atom is 0.242 e. The molecule has 1 unspecified atom stereocenters. The number of hydrogen-bond donors (Lipinski definition) is 0. The monoisotopic (exact) mass is 403 g/mol. The van der Waals surface area contributed by atoms with Crippen molar-refractivity contribution in [3.05, 3.63) is 46.4 Å². The van der Waals surface area contributed by atoms with Gasteiger partial charge in [-0.2, -0.15) is 0 Å². The number of aromatic nitrogens is 1. The van der Waals surface area contributed by atoms with Gasteiger partial charge in [0, 0.05) is 36.4 Å². The summed E-state index contributed by atoms with van der Waals surface area (Å²) in [7, 11) is 1.99. The highest BCUT2D eigenvalue weighted by atomic mass is 32.1. The molecule has 0 bridgehead atoms. The molecule has 0 aliphatic rings. The van der Waals surface area contributed by atoms with Crippen molar-refractivity contribution in [2.75, 3.05) is 13.1 Å². The molecule has 2 amide bonds. The van der Waals surface area contributed by atoms with Crippen molar-refractivity contribution in [3.8, 4) is 0 Å². The summed E-state index contributed by atoms with van der Waals surface area (Å²) in [6.45, 7) is 7.64. The van der Waals surface area contributed by atoms with Crippen molar-refractivity contribution >= 4 is 23.2 Å². The third kappa shape index (κ3) is 6.23. The fourth-order valence-electron chi connectivity index (χ4n) is 3.12. The predicted octanol–water partition coefficient (Wildman–Crippen LogP) is 4.09. The number of rotatable bonds is 11. The second-order valence-corrected chi connectivity index (χ2v) is 8.35. The molecule has 0 radical (unpaired) electrons. The largest absolute Gasteiger partial charge is 0.353 e. The van der Waals surface area contributed by atoms with Gasteiger partial charge in [-0.3, -0.25) is 9.59 Å². The third-order valence-corrected chi connectivity index (χ3v) is 6.07. The quantitative estimate of drug-likeness (QED) is 0.567. The van der Waals surface area contributed by atoms with Crippen LogP contribution in [0, 0.1) is 0 Å². The zero-order chi connectivity index (χ0) is 20.5. The van der Waals surface area contributed by atoms with E-state index in [1.165, 1.54) is 0 Å². The molecular formula is C22H33N3O2S. The molecule has 0 spiro atoms. The molecule has 0 aliphatic heterocycles. The molecule has 0 N–H and O–H groups in total. The lowest BCUT2D eigenvalue weighted by molar-refractivity contribution is -0.142. The van der Waals surface area contributed by atoms with E-state index in [1.807, 2.05) is 59.3 Å². The summed E-state index contributed by atoms with van der Waals surface area (Å²) in [5, 5.41) is 1.98. The van der Waals surface area contributed by atoms with Gasteiger partial charge < -0.3 is 14.4 Å². The Morgan fingerprint density at radius 1 is 1.18 bits per heavy atom. The second-order valence-electron chi connectivity index (χ2n) is 7.31. The number of nitrogens with zero attached hydrogens (tertiary/aromatic N) is 3. The summed E-state index contributed by atoms with van der Waals surface area (Å²) < 4.78 is 2.04. The van der Waals surface area contributed by atoms with E-state index in [9.17, 15) is 9.59 Å². The molecule has 1 atom stereocenters. The van der Waals surface area contributed by atoms with Crippen molar-refractivity contribution in [1.82, 2.24) is 14.4 Å². The average molecular weight is 404 g/mol. The van der Waals surface area contributed by atoms with E-state index in [0.29, 0.717) is 19.5 Å². The maximum absolute atomic E-state index is 13.1. The van der Waals surface area contributed by atoms with Gasteiger partial charge >= 0.3 is 0 Å². The lowest BCUT2D eigenvalue weighted by Gasteiger charge is -2.31. The highest BCUT2D eigenvalue weighted by Gasteiger charge is 2.25. The molecule has 2 heterocycles. The van der Waals surface area contributed by atoms with Crippen LogP contribution in [0.25, 0.3) is 0 Å². The summed E-state index contributed by atoms with van der Waals surface area (Å²) in [4.78, 5) is 30.8. The topological polar surface area (TPSA) is 45.6 Å². The van der Waals surface area contributed by atoms with Gasteiger partial charge in [-0.15, -0.1) is 11.3 Å². The Bertz CT molecular complexity index is 739. The Labute approximate surface area is 172 Å². The molecule has 2 rings (SSSR count). The van der Waals surface area contributed by atoms with E-state index in [0.717, 1.165) is 29.8 Å². The van der Waals surface area contributed by atoms with E-state index in [1.54, 1.807) is 16.2 Å². The first-order valence-electron chi connectivity index (χ1n) is 10.2. The lowest BCUT2D eigenvalue weighted by Crippen LogP contribution is -2.47. The van der Waals surface area contributed by atoms with Gasteiger partial charge in [-0.1, -0.05) is 26.3 Å². The van der Waals surface area contributed by atoms with Gasteiger partial charge in [0.25, 0.3) is 0 Å². The molecule has 2 aromatic rings. The Morgan fingerprint density at radius 2 is 1.96 bits per heavy atom. The van der Waals surface area contributed by atoms with E-state index >= 15 is 0 Å². The summed E-state index contributed by atoms with van der Waals surface area (Å²) in [5.74, 6) is 0.0499. The van der Waals surface area contributed by atoms with Crippen molar-refractivity contribution in [2.45, 2.75) is 59.0 Å². The predicted molar refractivity (Wildman–Crippen MR) is 115 cm³/mol. The summed E-state index contributed by atoms with van der Waals surface area (Å²) in [6.07, 6.45) is 5.18. The van der Waals surface area contributed by atoms with Crippen LogP contribution in [-0.4, -0.2) is 45.3 Å². The number of amides is 2. The van der Waals surface area contributed by atoms with Crippen LogP contribution in [0.4, 0.5) is 0 Å². The van der Waals surface area contributed by atoms with Gasteiger partial charge in [0.15, 0.2) is 0 Å². The number of thiophene rings is 1.